The van der Waals surface area contributed by atoms with Crippen molar-refractivity contribution in [2.24, 2.45) is 0 Å². The predicted octanol–water partition coefficient (Wildman–Crippen LogP) is 5.03. The molecule has 0 aliphatic heterocycles. The minimum Gasteiger partial charge on any atom is -0.481 e. The fourth-order valence-corrected chi connectivity index (χ4v) is 3.17. The molecule has 3 aromatic carbocycles. The lowest BCUT2D eigenvalue weighted by molar-refractivity contribution is -0.136. The molecule has 0 aliphatic rings. The van der Waals surface area contributed by atoms with Gasteiger partial charge in [0.1, 0.15) is 17.3 Å². The number of rotatable bonds is 6. The Morgan fingerprint density at radius 2 is 1.87 bits per heavy atom. The number of carboxylic acid groups (broad SMARTS) is 1. The lowest BCUT2D eigenvalue weighted by atomic mass is 10.1. The Bertz CT molecular complexity index is 1290. The van der Waals surface area contributed by atoms with E-state index in [0.717, 1.165) is 0 Å². The Labute approximate surface area is 180 Å². The van der Waals surface area contributed by atoms with Crippen LogP contribution in [0.1, 0.15) is 16.2 Å². The monoisotopic (exact) mass is 439 g/mol. The number of nitrogens with zero attached hydrogens (tertiary/aromatic N) is 1. The fraction of sp³-hybridized carbons (Fsp3) is 0.0455. The normalized spacial score (nSPS) is 10.8. The van der Waals surface area contributed by atoms with Gasteiger partial charge in [0.25, 0.3) is 5.91 Å². The number of aromatic amines is 1. The highest BCUT2D eigenvalue weighted by molar-refractivity contribution is 6.32. The zero-order valence-corrected chi connectivity index (χ0v) is 16.6. The molecule has 0 radical (unpaired) electrons. The minimum absolute atomic E-state index is 0.0640. The highest BCUT2D eigenvalue weighted by Crippen LogP contribution is 2.31. The summed E-state index contributed by atoms with van der Waals surface area (Å²) in [7, 11) is 0. The number of hydrogen-bond donors (Lipinski definition) is 3. The number of ether oxygens (including phenoxy) is 1. The van der Waals surface area contributed by atoms with Crippen LogP contribution in [0.4, 0.5) is 10.1 Å². The van der Waals surface area contributed by atoms with Crippen molar-refractivity contribution in [3.05, 3.63) is 82.9 Å². The maximum Gasteiger partial charge on any atom is 0.307 e. The third-order valence-corrected chi connectivity index (χ3v) is 4.65. The van der Waals surface area contributed by atoms with Gasteiger partial charge in [-0.1, -0.05) is 17.7 Å². The van der Waals surface area contributed by atoms with Crippen LogP contribution in [-0.2, 0) is 11.2 Å². The van der Waals surface area contributed by atoms with Crippen molar-refractivity contribution in [1.29, 1.82) is 0 Å². The molecule has 0 aliphatic carbocycles. The SMILES string of the molecule is O=C(O)Cc1ccc(Oc2ccc(NC(=O)c3nc4ccc(F)cc4[nH]3)cc2)c(Cl)c1. The van der Waals surface area contributed by atoms with Gasteiger partial charge in [0, 0.05) is 5.69 Å². The van der Waals surface area contributed by atoms with Crippen LogP contribution in [0, 0.1) is 5.82 Å². The number of nitrogens with one attached hydrogen (secondary N) is 2. The zero-order valence-electron chi connectivity index (χ0n) is 15.9. The Morgan fingerprint density at radius 3 is 2.58 bits per heavy atom. The number of anilines is 1. The number of carbonyl (C=O) groups excluding carboxylic acids is 1. The Hall–Kier alpha value is -3.91. The van der Waals surface area contributed by atoms with Gasteiger partial charge in [-0.15, -0.1) is 0 Å². The summed E-state index contributed by atoms with van der Waals surface area (Å²) in [5.74, 6) is -0.920. The van der Waals surface area contributed by atoms with Gasteiger partial charge < -0.3 is 20.1 Å². The van der Waals surface area contributed by atoms with Crippen molar-refractivity contribution < 1.29 is 23.8 Å². The van der Waals surface area contributed by atoms with E-state index in [2.05, 4.69) is 15.3 Å². The number of amides is 1. The van der Waals surface area contributed by atoms with Gasteiger partial charge in [-0.3, -0.25) is 9.59 Å². The summed E-state index contributed by atoms with van der Waals surface area (Å²) in [6.07, 6.45) is -0.130. The summed E-state index contributed by atoms with van der Waals surface area (Å²) < 4.78 is 19.0. The summed E-state index contributed by atoms with van der Waals surface area (Å²) in [5, 5.41) is 11.8. The van der Waals surface area contributed by atoms with Gasteiger partial charge in [0.15, 0.2) is 5.82 Å². The van der Waals surface area contributed by atoms with Crippen LogP contribution in [0.3, 0.4) is 0 Å². The second-order valence-electron chi connectivity index (χ2n) is 6.66. The first-order valence-electron chi connectivity index (χ1n) is 9.12. The number of halogens is 2. The van der Waals surface area contributed by atoms with E-state index in [-0.39, 0.29) is 17.3 Å². The number of benzene rings is 3. The average Bonchev–Trinajstić information content (AvgIpc) is 3.14. The number of aromatic nitrogens is 2. The summed E-state index contributed by atoms with van der Waals surface area (Å²) >= 11 is 6.17. The number of imidazole rings is 1. The molecule has 0 bridgehead atoms. The number of carboxylic acids is 1. The highest BCUT2D eigenvalue weighted by Gasteiger charge is 2.13. The summed E-state index contributed by atoms with van der Waals surface area (Å²) in [6.45, 7) is 0. The van der Waals surface area contributed by atoms with Crippen LogP contribution in [0.5, 0.6) is 11.5 Å². The van der Waals surface area contributed by atoms with Crippen molar-refractivity contribution in [3.63, 3.8) is 0 Å². The molecule has 156 valence electrons. The molecule has 0 saturated carbocycles. The van der Waals surface area contributed by atoms with E-state index in [9.17, 15) is 14.0 Å². The summed E-state index contributed by atoms with van der Waals surface area (Å²) in [4.78, 5) is 30.1. The molecule has 31 heavy (non-hydrogen) atoms. The van der Waals surface area contributed by atoms with E-state index in [1.165, 1.54) is 18.2 Å². The first-order valence-corrected chi connectivity index (χ1v) is 9.50. The number of carbonyl (C=O) groups is 2. The van der Waals surface area contributed by atoms with Gasteiger partial charge >= 0.3 is 5.97 Å². The Morgan fingerprint density at radius 1 is 1.10 bits per heavy atom. The van der Waals surface area contributed by atoms with Gasteiger partial charge in [-0.25, -0.2) is 9.37 Å². The molecule has 0 saturated heterocycles. The molecule has 3 N–H and O–H groups in total. The largest absolute Gasteiger partial charge is 0.481 e. The molecule has 1 aromatic heterocycles. The summed E-state index contributed by atoms with van der Waals surface area (Å²) in [5.41, 5.74) is 1.99. The van der Waals surface area contributed by atoms with Crippen LogP contribution < -0.4 is 10.1 Å². The number of fused-ring (bicyclic) bond motifs is 1. The van der Waals surface area contributed by atoms with E-state index in [1.54, 1.807) is 42.5 Å². The van der Waals surface area contributed by atoms with Crippen LogP contribution in [0.25, 0.3) is 11.0 Å². The lowest BCUT2D eigenvalue weighted by Crippen LogP contribution is -2.13. The van der Waals surface area contributed by atoms with Gasteiger partial charge in [0.2, 0.25) is 0 Å². The molecular weight excluding hydrogens is 425 g/mol. The van der Waals surface area contributed by atoms with E-state index in [4.69, 9.17) is 21.4 Å². The minimum atomic E-state index is -0.947. The highest BCUT2D eigenvalue weighted by atomic mass is 35.5. The molecule has 7 nitrogen and oxygen atoms in total. The van der Waals surface area contributed by atoms with E-state index in [0.29, 0.717) is 33.8 Å². The van der Waals surface area contributed by atoms with Crippen LogP contribution >= 0.6 is 11.6 Å². The second kappa shape index (κ2) is 8.45. The van der Waals surface area contributed by atoms with Crippen molar-refractivity contribution in [1.82, 2.24) is 9.97 Å². The third-order valence-electron chi connectivity index (χ3n) is 4.35. The molecule has 4 rings (SSSR count). The smallest absolute Gasteiger partial charge is 0.307 e. The number of aliphatic carboxylic acids is 1. The van der Waals surface area contributed by atoms with E-state index < -0.39 is 17.7 Å². The average molecular weight is 440 g/mol. The quantitative estimate of drug-likeness (QED) is 0.391. The van der Waals surface area contributed by atoms with E-state index >= 15 is 0 Å². The maximum atomic E-state index is 13.3. The number of hydrogen-bond acceptors (Lipinski definition) is 4. The Balaban J connectivity index is 1.43. The van der Waals surface area contributed by atoms with Crippen LogP contribution in [0.2, 0.25) is 5.02 Å². The first-order chi connectivity index (χ1) is 14.9. The molecule has 0 atom stereocenters. The van der Waals surface area contributed by atoms with Crippen LogP contribution in [-0.4, -0.2) is 27.0 Å². The molecular formula is C22H15ClFN3O4. The van der Waals surface area contributed by atoms with Gasteiger partial charge in [0.05, 0.1) is 22.5 Å². The second-order valence-corrected chi connectivity index (χ2v) is 7.07. The molecule has 0 unspecified atom stereocenters. The molecule has 0 fully saturated rings. The number of H-pyrrole nitrogens is 1. The molecule has 1 amide bonds. The Kier molecular flexibility index (Phi) is 5.55. The van der Waals surface area contributed by atoms with Crippen LogP contribution in [0.15, 0.2) is 60.7 Å². The predicted molar refractivity (Wildman–Crippen MR) is 113 cm³/mol. The standard InChI is InChI=1S/C22H15ClFN3O4/c23-16-9-12(10-20(28)29)1-8-19(16)31-15-5-3-14(4-6-15)25-22(30)21-26-17-7-2-13(24)11-18(17)27-21/h1-9,11H,10H2,(H,25,30)(H,26,27)(H,28,29). The molecule has 1 heterocycles. The van der Waals surface area contributed by atoms with Crippen molar-refractivity contribution in [2.75, 3.05) is 5.32 Å². The third kappa shape index (κ3) is 4.81. The zero-order chi connectivity index (χ0) is 22.0. The lowest BCUT2D eigenvalue weighted by Gasteiger charge is -2.10. The van der Waals surface area contributed by atoms with Gasteiger partial charge in [-0.05, 0) is 60.2 Å². The van der Waals surface area contributed by atoms with Crippen molar-refractivity contribution >= 4 is 40.2 Å². The summed E-state index contributed by atoms with van der Waals surface area (Å²) in [6, 6.07) is 15.4. The fourth-order valence-electron chi connectivity index (χ4n) is 2.92. The van der Waals surface area contributed by atoms with Gasteiger partial charge in [-0.2, -0.15) is 0 Å². The maximum absolute atomic E-state index is 13.3. The molecule has 0 spiro atoms. The molecule has 4 aromatic rings. The first kappa shape index (κ1) is 20.4. The van der Waals surface area contributed by atoms with E-state index in [1.807, 2.05) is 0 Å². The van der Waals surface area contributed by atoms with Crippen molar-refractivity contribution in [2.45, 2.75) is 6.42 Å². The topological polar surface area (TPSA) is 104 Å². The molecule has 9 heteroatoms. The van der Waals surface area contributed by atoms with Crippen molar-refractivity contribution in [3.8, 4) is 11.5 Å².